The van der Waals surface area contributed by atoms with Gasteiger partial charge in [0.2, 0.25) is 0 Å². The SMILES string of the molecule is CCCCOc1cn(C(C(=O)O)C(C)C)nn1. The molecular weight excluding hydrogens is 222 g/mol. The molecule has 1 rings (SSSR count). The summed E-state index contributed by atoms with van der Waals surface area (Å²) in [5.74, 6) is -0.590. The van der Waals surface area contributed by atoms with Gasteiger partial charge in [-0.25, -0.2) is 9.48 Å². The van der Waals surface area contributed by atoms with Crippen molar-refractivity contribution >= 4 is 5.97 Å². The Morgan fingerprint density at radius 3 is 2.82 bits per heavy atom. The summed E-state index contributed by atoms with van der Waals surface area (Å²) in [5, 5.41) is 16.7. The maximum absolute atomic E-state index is 11.1. The molecule has 1 unspecified atom stereocenters. The summed E-state index contributed by atoms with van der Waals surface area (Å²) >= 11 is 0. The zero-order valence-corrected chi connectivity index (χ0v) is 10.5. The van der Waals surface area contributed by atoms with Gasteiger partial charge in [-0.1, -0.05) is 37.5 Å². The van der Waals surface area contributed by atoms with Crippen molar-refractivity contribution in [1.82, 2.24) is 15.0 Å². The normalized spacial score (nSPS) is 12.7. The number of carbonyl (C=O) groups is 1. The van der Waals surface area contributed by atoms with Crippen LogP contribution in [0.1, 0.15) is 39.7 Å². The lowest BCUT2D eigenvalue weighted by Crippen LogP contribution is -2.24. The zero-order valence-electron chi connectivity index (χ0n) is 10.5. The highest BCUT2D eigenvalue weighted by Gasteiger charge is 2.25. The van der Waals surface area contributed by atoms with Gasteiger partial charge in [-0.3, -0.25) is 0 Å². The van der Waals surface area contributed by atoms with Gasteiger partial charge in [0.25, 0.3) is 5.88 Å². The second-order valence-corrected chi connectivity index (χ2v) is 4.27. The fourth-order valence-corrected chi connectivity index (χ4v) is 1.49. The molecule has 0 aliphatic heterocycles. The first kappa shape index (κ1) is 13.5. The number of carboxylic acids is 1. The monoisotopic (exact) mass is 241 g/mol. The Hall–Kier alpha value is -1.59. The van der Waals surface area contributed by atoms with Crippen LogP contribution in [0.25, 0.3) is 0 Å². The van der Waals surface area contributed by atoms with Crippen molar-refractivity contribution in [2.45, 2.75) is 39.7 Å². The molecule has 17 heavy (non-hydrogen) atoms. The molecule has 1 heterocycles. The van der Waals surface area contributed by atoms with E-state index in [4.69, 9.17) is 9.84 Å². The predicted octanol–water partition coefficient (Wildman–Crippen LogP) is 1.74. The van der Waals surface area contributed by atoms with Crippen molar-refractivity contribution in [3.63, 3.8) is 0 Å². The first-order chi connectivity index (χ1) is 8.06. The van der Waals surface area contributed by atoms with E-state index in [0.717, 1.165) is 12.8 Å². The van der Waals surface area contributed by atoms with Crippen LogP contribution in [0.4, 0.5) is 0 Å². The van der Waals surface area contributed by atoms with E-state index >= 15 is 0 Å². The van der Waals surface area contributed by atoms with Gasteiger partial charge in [-0.15, -0.1) is 0 Å². The van der Waals surface area contributed by atoms with Gasteiger partial charge in [0.05, 0.1) is 12.8 Å². The van der Waals surface area contributed by atoms with Gasteiger partial charge in [-0.2, -0.15) is 0 Å². The van der Waals surface area contributed by atoms with Crippen molar-refractivity contribution in [1.29, 1.82) is 0 Å². The molecule has 1 aromatic heterocycles. The van der Waals surface area contributed by atoms with Crippen LogP contribution in [0.3, 0.4) is 0 Å². The minimum absolute atomic E-state index is 0.0577. The lowest BCUT2D eigenvalue weighted by molar-refractivity contribution is -0.142. The van der Waals surface area contributed by atoms with Crippen LogP contribution in [0.15, 0.2) is 6.20 Å². The average molecular weight is 241 g/mol. The number of nitrogens with zero attached hydrogens (tertiary/aromatic N) is 3. The quantitative estimate of drug-likeness (QED) is 0.736. The van der Waals surface area contributed by atoms with E-state index < -0.39 is 12.0 Å². The first-order valence-corrected chi connectivity index (χ1v) is 5.83. The highest BCUT2D eigenvalue weighted by atomic mass is 16.5. The second kappa shape index (κ2) is 6.22. The molecule has 0 fully saturated rings. The highest BCUT2D eigenvalue weighted by molar-refractivity contribution is 5.72. The molecule has 0 amide bonds. The van der Waals surface area contributed by atoms with Crippen LogP contribution in [-0.2, 0) is 4.79 Å². The van der Waals surface area contributed by atoms with Crippen LogP contribution in [0, 0.1) is 5.92 Å². The zero-order chi connectivity index (χ0) is 12.8. The molecule has 0 radical (unpaired) electrons. The third kappa shape index (κ3) is 3.72. The number of ether oxygens (including phenoxy) is 1. The summed E-state index contributed by atoms with van der Waals surface area (Å²) in [6, 6.07) is -0.703. The van der Waals surface area contributed by atoms with Gasteiger partial charge < -0.3 is 9.84 Å². The average Bonchev–Trinajstić information content (AvgIpc) is 2.65. The molecule has 0 saturated carbocycles. The Morgan fingerprint density at radius 2 is 2.29 bits per heavy atom. The smallest absolute Gasteiger partial charge is 0.328 e. The molecule has 6 nitrogen and oxygen atoms in total. The van der Waals surface area contributed by atoms with Crippen molar-refractivity contribution in [2.75, 3.05) is 6.61 Å². The van der Waals surface area contributed by atoms with E-state index in [1.165, 1.54) is 10.9 Å². The maximum atomic E-state index is 11.1. The van der Waals surface area contributed by atoms with Crippen molar-refractivity contribution in [3.05, 3.63) is 6.20 Å². The number of hydrogen-bond donors (Lipinski definition) is 1. The van der Waals surface area contributed by atoms with Crippen molar-refractivity contribution in [3.8, 4) is 5.88 Å². The minimum atomic E-state index is -0.912. The third-order valence-corrected chi connectivity index (χ3v) is 2.41. The lowest BCUT2D eigenvalue weighted by atomic mass is 10.1. The molecule has 1 aromatic rings. The summed E-state index contributed by atoms with van der Waals surface area (Å²) in [7, 11) is 0. The van der Waals surface area contributed by atoms with E-state index in [2.05, 4.69) is 17.2 Å². The Bertz CT molecular complexity index is 363. The van der Waals surface area contributed by atoms with E-state index in [9.17, 15) is 4.79 Å². The first-order valence-electron chi connectivity index (χ1n) is 5.83. The number of hydrogen-bond acceptors (Lipinski definition) is 4. The van der Waals surface area contributed by atoms with Crippen molar-refractivity contribution in [2.24, 2.45) is 5.92 Å². The molecule has 1 N–H and O–H groups in total. The van der Waals surface area contributed by atoms with Crippen molar-refractivity contribution < 1.29 is 14.6 Å². The number of aliphatic carboxylic acids is 1. The van der Waals surface area contributed by atoms with E-state index in [1.54, 1.807) is 0 Å². The van der Waals surface area contributed by atoms with Gasteiger partial charge in [0.15, 0.2) is 6.04 Å². The van der Waals surface area contributed by atoms with E-state index in [1.807, 2.05) is 13.8 Å². The Morgan fingerprint density at radius 1 is 1.59 bits per heavy atom. The number of carboxylic acid groups (broad SMARTS) is 1. The minimum Gasteiger partial charge on any atom is -0.480 e. The maximum Gasteiger partial charge on any atom is 0.328 e. The fourth-order valence-electron chi connectivity index (χ4n) is 1.49. The predicted molar refractivity (Wildman–Crippen MR) is 61.9 cm³/mol. The molecule has 96 valence electrons. The topological polar surface area (TPSA) is 77.2 Å². The standard InChI is InChI=1S/C11H19N3O3/c1-4-5-6-17-9-7-14(13-12-9)10(8(2)3)11(15)16/h7-8,10H,4-6H2,1-3H3,(H,15,16). The molecule has 0 aliphatic carbocycles. The van der Waals surface area contributed by atoms with E-state index in [-0.39, 0.29) is 5.92 Å². The van der Waals surface area contributed by atoms with Gasteiger partial charge >= 0.3 is 5.97 Å². The summed E-state index contributed by atoms with van der Waals surface area (Å²) in [5.41, 5.74) is 0. The number of rotatable bonds is 7. The highest BCUT2D eigenvalue weighted by Crippen LogP contribution is 2.18. The summed E-state index contributed by atoms with van der Waals surface area (Å²) in [6.07, 6.45) is 3.52. The number of unbranched alkanes of at least 4 members (excludes halogenated alkanes) is 1. The summed E-state index contributed by atoms with van der Waals surface area (Å²) < 4.78 is 6.69. The number of aromatic nitrogens is 3. The molecule has 0 saturated heterocycles. The van der Waals surface area contributed by atoms with Gasteiger partial charge in [0, 0.05) is 0 Å². The second-order valence-electron chi connectivity index (χ2n) is 4.27. The molecule has 0 aromatic carbocycles. The molecule has 0 aliphatic rings. The Labute approximate surface area is 101 Å². The summed E-state index contributed by atoms with van der Waals surface area (Å²) in [6.45, 7) is 6.31. The molecule has 0 bridgehead atoms. The van der Waals surface area contributed by atoms with Crippen LogP contribution < -0.4 is 4.74 Å². The summed E-state index contributed by atoms with van der Waals surface area (Å²) in [4.78, 5) is 11.1. The van der Waals surface area contributed by atoms with Crippen LogP contribution in [-0.4, -0.2) is 32.7 Å². The molecular formula is C11H19N3O3. The van der Waals surface area contributed by atoms with Crippen LogP contribution in [0.5, 0.6) is 5.88 Å². The van der Waals surface area contributed by atoms with E-state index in [0.29, 0.717) is 12.5 Å². The molecule has 0 spiro atoms. The third-order valence-electron chi connectivity index (χ3n) is 2.41. The molecule has 6 heteroatoms. The van der Waals surface area contributed by atoms with Crippen LogP contribution >= 0.6 is 0 Å². The van der Waals surface area contributed by atoms with Crippen LogP contribution in [0.2, 0.25) is 0 Å². The fraction of sp³-hybridized carbons (Fsp3) is 0.727. The lowest BCUT2D eigenvalue weighted by Gasteiger charge is -2.15. The van der Waals surface area contributed by atoms with Gasteiger partial charge in [0.1, 0.15) is 0 Å². The largest absolute Gasteiger partial charge is 0.480 e. The molecule has 1 atom stereocenters. The van der Waals surface area contributed by atoms with Gasteiger partial charge in [-0.05, 0) is 12.3 Å². The Balaban J connectivity index is 2.68. The Kier molecular flexibility index (Phi) is 4.93.